The van der Waals surface area contributed by atoms with Gasteiger partial charge in [-0.3, -0.25) is 4.79 Å². The maximum Gasteiger partial charge on any atom is 0.136 e. The molecule has 50 valence electrons. The van der Waals surface area contributed by atoms with Crippen molar-refractivity contribution in [2.24, 2.45) is 5.41 Å². The Balaban J connectivity index is 2.13. The van der Waals surface area contributed by atoms with Gasteiger partial charge in [0.25, 0.3) is 0 Å². The van der Waals surface area contributed by atoms with Crippen LogP contribution in [-0.2, 0) is 4.79 Å². The summed E-state index contributed by atoms with van der Waals surface area (Å²) in [5, 5.41) is 9.24. The Morgan fingerprint density at radius 2 is 1.89 bits per heavy atom. The van der Waals surface area contributed by atoms with Crippen molar-refractivity contribution in [1.29, 1.82) is 0 Å². The predicted molar refractivity (Wildman–Crippen MR) is 31.9 cm³/mol. The van der Waals surface area contributed by atoms with E-state index in [9.17, 15) is 9.90 Å². The molecule has 0 radical (unpaired) electrons. The van der Waals surface area contributed by atoms with Crippen molar-refractivity contribution in [3.8, 4) is 0 Å². The summed E-state index contributed by atoms with van der Waals surface area (Å²) in [4.78, 5) is 10.8. The van der Waals surface area contributed by atoms with Gasteiger partial charge in [-0.05, 0) is 26.2 Å². The lowest BCUT2D eigenvalue weighted by atomic mass is 9.40. The van der Waals surface area contributed by atoms with E-state index in [1.54, 1.807) is 6.92 Å². The van der Waals surface area contributed by atoms with Crippen LogP contribution in [0.4, 0.5) is 0 Å². The van der Waals surface area contributed by atoms with Crippen molar-refractivity contribution in [2.75, 3.05) is 0 Å². The number of aliphatic hydroxyl groups is 1. The number of ketones is 1. The van der Waals surface area contributed by atoms with Gasteiger partial charge >= 0.3 is 0 Å². The van der Waals surface area contributed by atoms with E-state index in [-0.39, 0.29) is 11.2 Å². The van der Waals surface area contributed by atoms with E-state index in [0.717, 1.165) is 19.3 Å². The van der Waals surface area contributed by atoms with E-state index in [0.29, 0.717) is 0 Å². The first kappa shape index (κ1) is 5.42. The number of hydrogen-bond donors (Lipinski definition) is 1. The largest absolute Gasteiger partial charge is 0.390 e. The second-order valence-electron chi connectivity index (χ2n) is 3.59. The average molecular weight is 126 g/mol. The van der Waals surface area contributed by atoms with Crippen molar-refractivity contribution in [3.63, 3.8) is 0 Å². The second-order valence-corrected chi connectivity index (χ2v) is 3.59. The van der Waals surface area contributed by atoms with Gasteiger partial charge in [0.1, 0.15) is 5.78 Å². The highest BCUT2D eigenvalue weighted by molar-refractivity contribution is 5.86. The first-order valence-electron chi connectivity index (χ1n) is 3.30. The van der Waals surface area contributed by atoms with E-state index >= 15 is 0 Å². The fourth-order valence-corrected chi connectivity index (χ4v) is 2.11. The number of Topliss-reactive ketones (excluding diaryl/α,β-unsaturated/α-hetero) is 1. The van der Waals surface area contributed by atoms with Gasteiger partial charge in [-0.25, -0.2) is 0 Å². The van der Waals surface area contributed by atoms with Gasteiger partial charge in [-0.15, -0.1) is 0 Å². The molecule has 2 bridgehead atoms. The van der Waals surface area contributed by atoms with Crippen molar-refractivity contribution >= 4 is 5.78 Å². The van der Waals surface area contributed by atoms with Gasteiger partial charge in [0, 0.05) is 5.41 Å². The van der Waals surface area contributed by atoms with Crippen LogP contribution in [-0.4, -0.2) is 16.5 Å². The molecule has 2 nitrogen and oxygen atoms in total. The van der Waals surface area contributed by atoms with Crippen LogP contribution in [0.25, 0.3) is 0 Å². The molecule has 3 aliphatic rings. The molecule has 0 atom stereocenters. The van der Waals surface area contributed by atoms with Crippen LogP contribution in [0.1, 0.15) is 26.2 Å². The minimum absolute atomic E-state index is 0.0608. The third kappa shape index (κ3) is 0.433. The summed E-state index contributed by atoms with van der Waals surface area (Å²) in [7, 11) is 0. The van der Waals surface area contributed by atoms with Gasteiger partial charge in [-0.2, -0.15) is 0 Å². The molecule has 9 heavy (non-hydrogen) atoms. The van der Waals surface area contributed by atoms with Gasteiger partial charge in [0.2, 0.25) is 0 Å². The van der Waals surface area contributed by atoms with Crippen molar-refractivity contribution in [2.45, 2.75) is 31.8 Å². The van der Waals surface area contributed by atoms with E-state index in [1.807, 2.05) is 0 Å². The van der Waals surface area contributed by atoms with Gasteiger partial charge < -0.3 is 5.11 Å². The summed E-state index contributed by atoms with van der Waals surface area (Å²) in [6.07, 6.45) is 2.19. The number of carbonyl (C=O) groups excluding carboxylic acids is 1. The Bertz CT molecular complexity index is 164. The lowest BCUT2D eigenvalue weighted by Gasteiger charge is -2.66. The van der Waals surface area contributed by atoms with Gasteiger partial charge in [-0.1, -0.05) is 0 Å². The van der Waals surface area contributed by atoms with E-state index < -0.39 is 5.60 Å². The summed E-state index contributed by atoms with van der Waals surface area (Å²) in [6.45, 7) is 1.62. The normalized spacial score (nSPS) is 53.6. The van der Waals surface area contributed by atoms with Gasteiger partial charge in [0.15, 0.2) is 0 Å². The van der Waals surface area contributed by atoms with Gasteiger partial charge in [0.05, 0.1) is 5.60 Å². The van der Waals surface area contributed by atoms with Crippen LogP contribution in [0, 0.1) is 5.41 Å². The molecule has 3 fully saturated rings. The SMILES string of the molecule is CC(=O)C12CC(O)(C1)C2. The molecule has 0 heterocycles. The second kappa shape index (κ2) is 1.08. The Hall–Kier alpha value is -0.370. The minimum atomic E-state index is -0.411. The Morgan fingerprint density at radius 3 is 2.00 bits per heavy atom. The number of hydrogen-bond acceptors (Lipinski definition) is 2. The molecule has 3 saturated carbocycles. The minimum Gasteiger partial charge on any atom is -0.390 e. The topological polar surface area (TPSA) is 37.3 Å². The van der Waals surface area contributed by atoms with Crippen LogP contribution in [0.15, 0.2) is 0 Å². The molecule has 0 spiro atoms. The third-order valence-electron chi connectivity index (χ3n) is 2.75. The van der Waals surface area contributed by atoms with Crippen molar-refractivity contribution in [1.82, 2.24) is 0 Å². The Morgan fingerprint density at radius 1 is 1.44 bits per heavy atom. The highest BCUT2D eigenvalue weighted by Gasteiger charge is 2.69. The lowest BCUT2D eigenvalue weighted by Crippen LogP contribution is -2.69. The first-order valence-corrected chi connectivity index (χ1v) is 3.30. The molecule has 0 aromatic heterocycles. The molecule has 0 amide bonds. The zero-order valence-corrected chi connectivity index (χ0v) is 5.48. The van der Waals surface area contributed by atoms with E-state index in [2.05, 4.69) is 0 Å². The summed E-state index contributed by atoms with van der Waals surface area (Å²) in [6, 6.07) is 0. The number of carbonyl (C=O) groups is 1. The standard InChI is InChI=1S/C7H10O2/c1-5(8)6-2-7(9,3-6)4-6/h9H,2-4H2,1H3. The Labute approximate surface area is 53.9 Å². The monoisotopic (exact) mass is 126 g/mol. The summed E-state index contributed by atoms with van der Waals surface area (Å²) in [5.41, 5.74) is -0.472. The summed E-state index contributed by atoms with van der Waals surface area (Å²) >= 11 is 0. The fraction of sp³-hybridized carbons (Fsp3) is 0.857. The molecule has 0 aromatic carbocycles. The molecule has 1 N–H and O–H groups in total. The summed E-state index contributed by atoms with van der Waals surface area (Å²) in [5.74, 6) is 0.262. The smallest absolute Gasteiger partial charge is 0.136 e. The quantitative estimate of drug-likeness (QED) is 0.555. The zero-order chi connectivity index (χ0) is 6.70. The maximum absolute atomic E-state index is 10.8. The molecule has 3 rings (SSSR count). The lowest BCUT2D eigenvalue weighted by molar-refractivity contribution is -0.247. The Kier molecular flexibility index (Phi) is 0.650. The molecule has 0 aromatic rings. The number of rotatable bonds is 1. The highest BCUT2D eigenvalue weighted by Crippen LogP contribution is 2.67. The molecule has 3 aliphatic carbocycles. The van der Waals surface area contributed by atoms with E-state index in [4.69, 9.17) is 0 Å². The van der Waals surface area contributed by atoms with Crippen LogP contribution in [0.3, 0.4) is 0 Å². The predicted octanol–water partition coefficient (Wildman–Crippen LogP) is 0.490. The molecule has 0 aliphatic heterocycles. The first-order chi connectivity index (χ1) is 4.06. The molecule has 2 heteroatoms. The highest BCUT2D eigenvalue weighted by atomic mass is 16.3. The van der Waals surface area contributed by atoms with Crippen molar-refractivity contribution < 1.29 is 9.90 Å². The third-order valence-corrected chi connectivity index (χ3v) is 2.75. The molecular weight excluding hydrogens is 116 g/mol. The maximum atomic E-state index is 10.8. The zero-order valence-electron chi connectivity index (χ0n) is 5.48. The van der Waals surface area contributed by atoms with E-state index in [1.165, 1.54) is 0 Å². The van der Waals surface area contributed by atoms with Crippen LogP contribution in [0.5, 0.6) is 0 Å². The van der Waals surface area contributed by atoms with Crippen LogP contribution in [0.2, 0.25) is 0 Å². The molecule has 0 saturated heterocycles. The summed E-state index contributed by atoms with van der Waals surface area (Å²) < 4.78 is 0. The molecule has 0 unspecified atom stereocenters. The fourth-order valence-electron chi connectivity index (χ4n) is 2.11. The van der Waals surface area contributed by atoms with Crippen LogP contribution < -0.4 is 0 Å². The average Bonchev–Trinajstić information content (AvgIpc) is 1.54. The van der Waals surface area contributed by atoms with Crippen LogP contribution >= 0.6 is 0 Å². The van der Waals surface area contributed by atoms with Crippen molar-refractivity contribution in [3.05, 3.63) is 0 Å². The molecular formula is C7H10O2.